The molecule has 0 spiro atoms. The van der Waals surface area contributed by atoms with E-state index in [0.29, 0.717) is 30.6 Å². The Balaban J connectivity index is 1.41. The molecule has 1 aromatic heterocycles. The Morgan fingerprint density at radius 2 is 2.12 bits per heavy atom. The molecule has 0 radical (unpaired) electrons. The van der Waals surface area contributed by atoms with Gasteiger partial charge in [0, 0.05) is 19.0 Å². The van der Waals surface area contributed by atoms with Crippen LogP contribution in [0.3, 0.4) is 0 Å². The lowest BCUT2D eigenvalue weighted by Gasteiger charge is -2.39. The summed E-state index contributed by atoms with van der Waals surface area (Å²) in [5, 5.41) is 4.08. The highest BCUT2D eigenvalue weighted by atomic mass is 16.5. The van der Waals surface area contributed by atoms with Crippen LogP contribution in [-0.4, -0.2) is 41.1 Å². The number of hydrogen-bond donors (Lipinski definition) is 0. The number of benzene rings is 1. The maximum atomic E-state index is 12.5. The first-order valence-corrected chi connectivity index (χ1v) is 8.67. The summed E-state index contributed by atoms with van der Waals surface area (Å²) < 4.78 is 10.8. The highest BCUT2D eigenvalue weighted by Gasteiger charge is 2.38. The van der Waals surface area contributed by atoms with Crippen molar-refractivity contribution in [3.05, 3.63) is 42.3 Å². The third-order valence-corrected chi connectivity index (χ3v) is 4.95. The van der Waals surface area contributed by atoms with Crippen LogP contribution in [0.15, 0.2) is 40.9 Å². The van der Waals surface area contributed by atoms with Crippen LogP contribution in [-0.2, 0) is 4.79 Å². The van der Waals surface area contributed by atoms with E-state index in [1.807, 2.05) is 29.2 Å². The summed E-state index contributed by atoms with van der Waals surface area (Å²) in [6.45, 7) is 1.32. The molecule has 1 saturated heterocycles. The van der Waals surface area contributed by atoms with Gasteiger partial charge < -0.3 is 14.2 Å². The second-order valence-electron chi connectivity index (χ2n) is 6.58. The molecule has 0 saturated carbocycles. The monoisotopic (exact) mass is 339 g/mol. The molecule has 4 rings (SSSR count). The van der Waals surface area contributed by atoms with Crippen LogP contribution in [0.5, 0.6) is 5.75 Å². The van der Waals surface area contributed by atoms with Gasteiger partial charge in [0.15, 0.2) is 0 Å². The average Bonchev–Trinajstić information content (AvgIpc) is 3.10. The number of hydrogen-bond acceptors (Lipinski definition) is 5. The van der Waals surface area contributed by atoms with Gasteiger partial charge in [-0.2, -0.15) is 4.98 Å². The Labute approximate surface area is 146 Å². The van der Waals surface area contributed by atoms with E-state index in [1.54, 1.807) is 7.11 Å². The van der Waals surface area contributed by atoms with E-state index in [4.69, 9.17) is 9.26 Å². The number of aromatic nitrogens is 2. The smallest absolute Gasteiger partial charge is 0.233 e. The van der Waals surface area contributed by atoms with E-state index < -0.39 is 0 Å². The number of carbonyl (C=O) groups excluding carboxylic acids is 1. The zero-order chi connectivity index (χ0) is 17.2. The number of para-hydroxylation sites is 1. The maximum absolute atomic E-state index is 12.5. The highest BCUT2D eigenvalue weighted by molar-refractivity contribution is 5.80. The van der Waals surface area contributed by atoms with Crippen molar-refractivity contribution in [2.45, 2.75) is 25.2 Å². The van der Waals surface area contributed by atoms with Gasteiger partial charge in [0.2, 0.25) is 17.6 Å². The van der Waals surface area contributed by atoms with E-state index >= 15 is 0 Å². The molecule has 1 aliphatic carbocycles. The van der Waals surface area contributed by atoms with Crippen molar-refractivity contribution in [3.63, 3.8) is 0 Å². The number of carbonyl (C=O) groups is 1. The summed E-state index contributed by atoms with van der Waals surface area (Å²) in [5.41, 5.74) is 0.807. The van der Waals surface area contributed by atoms with E-state index in [1.165, 1.54) is 0 Å². The van der Waals surface area contributed by atoms with Gasteiger partial charge in [-0.15, -0.1) is 0 Å². The highest BCUT2D eigenvalue weighted by Crippen LogP contribution is 2.32. The minimum absolute atomic E-state index is 0.124. The van der Waals surface area contributed by atoms with Gasteiger partial charge in [-0.05, 0) is 31.4 Å². The zero-order valence-corrected chi connectivity index (χ0v) is 14.2. The fourth-order valence-corrected chi connectivity index (χ4v) is 3.43. The van der Waals surface area contributed by atoms with Crippen LogP contribution >= 0.6 is 0 Å². The molecule has 1 aromatic carbocycles. The molecular weight excluding hydrogens is 318 g/mol. The standard InChI is InChI=1S/C19H21N3O3/c1-24-16-10-6-5-9-15(16)17-20-18(25-21-17)14-11-22(12-14)19(23)13-7-3-2-4-8-13/h2-3,5-6,9-10,13-14H,4,7-8,11-12H2,1H3. The largest absolute Gasteiger partial charge is 0.496 e. The summed E-state index contributed by atoms with van der Waals surface area (Å²) in [4.78, 5) is 18.9. The molecular formula is C19H21N3O3. The predicted molar refractivity (Wildman–Crippen MR) is 92.1 cm³/mol. The number of methoxy groups -OCH3 is 1. The van der Waals surface area contributed by atoms with Gasteiger partial charge >= 0.3 is 0 Å². The average molecular weight is 339 g/mol. The number of nitrogens with zero attached hydrogens (tertiary/aromatic N) is 3. The first-order chi connectivity index (χ1) is 12.3. The maximum Gasteiger partial charge on any atom is 0.233 e. The molecule has 6 heteroatoms. The third-order valence-electron chi connectivity index (χ3n) is 4.95. The lowest BCUT2D eigenvalue weighted by molar-refractivity contribution is -0.140. The third kappa shape index (κ3) is 3.04. The molecule has 1 aliphatic heterocycles. The second-order valence-corrected chi connectivity index (χ2v) is 6.58. The normalized spacial score (nSPS) is 20.4. The number of rotatable bonds is 4. The minimum Gasteiger partial charge on any atom is -0.496 e. The minimum atomic E-state index is 0.124. The Kier molecular flexibility index (Phi) is 4.26. The zero-order valence-electron chi connectivity index (χ0n) is 14.2. The summed E-state index contributed by atoms with van der Waals surface area (Å²) in [7, 11) is 1.62. The van der Waals surface area contributed by atoms with Crippen molar-refractivity contribution in [1.82, 2.24) is 15.0 Å². The van der Waals surface area contributed by atoms with Crippen LogP contribution in [0.1, 0.15) is 31.1 Å². The van der Waals surface area contributed by atoms with Crippen molar-refractivity contribution in [1.29, 1.82) is 0 Å². The molecule has 1 atom stereocenters. The number of amides is 1. The van der Waals surface area contributed by atoms with E-state index in [0.717, 1.165) is 24.8 Å². The van der Waals surface area contributed by atoms with Crippen molar-refractivity contribution in [3.8, 4) is 17.1 Å². The molecule has 1 fully saturated rings. The van der Waals surface area contributed by atoms with Crippen molar-refractivity contribution in [2.75, 3.05) is 20.2 Å². The molecule has 2 heterocycles. The van der Waals surface area contributed by atoms with Gasteiger partial charge in [-0.25, -0.2) is 0 Å². The fourth-order valence-electron chi connectivity index (χ4n) is 3.43. The van der Waals surface area contributed by atoms with Crippen molar-refractivity contribution < 1.29 is 14.1 Å². The lowest BCUT2D eigenvalue weighted by Crippen LogP contribution is -2.50. The lowest BCUT2D eigenvalue weighted by atomic mass is 9.90. The molecule has 130 valence electrons. The fraction of sp³-hybridized carbons (Fsp3) is 0.421. The first-order valence-electron chi connectivity index (χ1n) is 8.67. The number of allylic oxidation sites excluding steroid dienone is 2. The van der Waals surface area contributed by atoms with Crippen molar-refractivity contribution in [2.24, 2.45) is 5.92 Å². The molecule has 2 aromatic rings. The molecule has 1 amide bonds. The van der Waals surface area contributed by atoms with Crippen LogP contribution in [0.2, 0.25) is 0 Å². The topological polar surface area (TPSA) is 68.5 Å². The molecule has 0 N–H and O–H groups in total. The number of likely N-dealkylation sites (tertiary alicyclic amines) is 1. The molecule has 25 heavy (non-hydrogen) atoms. The molecule has 0 bridgehead atoms. The summed E-state index contributed by atoms with van der Waals surface area (Å²) in [5.74, 6) is 2.34. The van der Waals surface area contributed by atoms with E-state index in [9.17, 15) is 4.79 Å². The summed E-state index contributed by atoms with van der Waals surface area (Å²) >= 11 is 0. The van der Waals surface area contributed by atoms with Crippen LogP contribution < -0.4 is 4.74 Å². The van der Waals surface area contributed by atoms with Gasteiger partial charge in [-0.1, -0.05) is 29.4 Å². The Morgan fingerprint density at radius 1 is 1.28 bits per heavy atom. The van der Waals surface area contributed by atoms with Crippen LogP contribution in [0.25, 0.3) is 11.4 Å². The first kappa shape index (κ1) is 15.9. The molecule has 2 aliphatic rings. The van der Waals surface area contributed by atoms with Crippen LogP contribution in [0, 0.1) is 5.92 Å². The molecule has 1 unspecified atom stereocenters. The quantitative estimate of drug-likeness (QED) is 0.801. The predicted octanol–water partition coefficient (Wildman–Crippen LogP) is 3.03. The van der Waals surface area contributed by atoms with Crippen LogP contribution in [0.4, 0.5) is 0 Å². The SMILES string of the molecule is COc1ccccc1-c1noc(C2CN(C(=O)C3CC=CCC3)C2)n1. The Bertz CT molecular complexity index is 793. The van der Waals surface area contributed by atoms with Gasteiger partial charge in [0.1, 0.15) is 5.75 Å². The van der Waals surface area contributed by atoms with Gasteiger partial charge in [0.25, 0.3) is 0 Å². The van der Waals surface area contributed by atoms with Crippen molar-refractivity contribution >= 4 is 5.91 Å². The van der Waals surface area contributed by atoms with E-state index in [-0.39, 0.29) is 17.7 Å². The Hall–Kier alpha value is -2.63. The Morgan fingerprint density at radius 3 is 2.88 bits per heavy atom. The van der Waals surface area contributed by atoms with Gasteiger partial charge in [-0.3, -0.25) is 4.79 Å². The summed E-state index contributed by atoms with van der Waals surface area (Å²) in [6.07, 6.45) is 7.08. The molecule has 6 nitrogen and oxygen atoms in total. The van der Waals surface area contributed by atoms with Gasteiger partial charge in [0.05, 0.1) is 18.6 Å². The summed E-state index contributed by atoms with van der Waals surface area (Å²) in [6, 6.07) is 7.59. The van der Waals surface area contributed by atoms with E-state index in [2.05, 4.69) is 22.3 Å². The second kappa shape index (κ2) is 6.70. The number of ether oxygens (including phenoxy) is 1.